The molecular formula is C26H44N8O10S. The third-order valence-corrected chi connectivity index (χ3v) is 7.40. The van der Waals surface area contributed by atoms with E-state index in [0.29, 0.717) is 6.42 Å². The summed E-state index contributed by atoms with van der Waals surface area (Å²) in [5, 5.41) is 27.9. The van der Waals surface area contributed by atoms with Gasteiger partial charge in [0.05, 0.1) is 12.6 Å². The Morgan fingerprint density at radius 1 is 0.844 bits per heavy atom. The van der Waals surface area contributed by atoms with Crippen molar-refractivity contribution in [2.24, 2.45) is 23.1 Å². The average Bonchev–Trinajstić information content (AvgIpc) is 3.47. The van der Waals surface area contributed by atoms with Crippen LogP contribution in [-0.4, -0.2) is 118 Å². The fourth-order valence-corrected chi connectivity index (χ4v) is 4.70. The van der Waals surface area contributed by atoms with Gasteiger partial charge in [0.25, 0.3) is 0 Å². The molecule has 0 bridgehead atoms. The lowest BCUT2D eigenvalue weighted by atomic mass is 10.0. The van der Waals surface area contributed by atoms with Crippen LogP contribution in [0.25, 0.3) is 0 Å². The Balaban J connectivity index is 3.07. The van der Waals surface area contributed by atoms with Crippen molar-refractivity contribution in [3.8, 4) is 0 Å². The van der Waals surface area contributed by atoms with Crippen molar-refractivity contribution in [1.29, 1.82) is 0 Å². The third kappa shape index (κ3) is 12.5. The molecule has 0 saturated carbocycles. The molecule has 1 fully saturated rings. The third-order valence-electron chi connectivity index (χ3n) is 7.03. The smallest absolute Gasteiger partial charge is 0.328 e. The zero-order valence-electron chi connectivity index (χ0n) is 25.2. The molecular weight excluding hydrogens is 616 g/mol. The lowest BCUT2D eigenvalue weighted by molar-refractivity contribution is -0.143. The first-order valence-electron chi connectivity index (χ1n) is 14.3. The second-order valence-electron chi connectivity index (χ2n) is 10.9. The van der Waals surface area contributed by atoms with Crippen LogP contribution in [-0.2, 0) is 38.4 Å². The summed E-state index contributed by atoms with van der Waals surface area (Å²) in [6.45, 7) is 2.39. The summed E-state index contributed by atoms with van der Waals surface area (Å²) < 4.78 is 0. The Labute approximate surface area is 265 Å². The number of aliphatic hydroxyl groups is 1. The quantitative estimate of drug-likeness (QED) is 0.0588. The van der Waals surface area contributed by atoms with Crippen LogP contribution in [0.5, 0.6) is 0 Å². The molecule has 12 N–H and O–H groups in total. The highest BCUT2D eigenvalue weighted by Gasteiger charge is 2.39. The number of rotatable bonds is 19. The maximum absolute atomic E-state index is 13.4. The zero-order chi connectivity index (χ0) is 34.4. The molecule has 0 aromatic heterocycles. The van der Waals surface area contributed by atoms with E-state index in [1.807, 2.05) is 0 Å². The molecule has 0 aromatic rings. The molecule has 0 aliphatic carbocycles. The number of primary amides is 2. The number of carboxylic acids is 1. The number of nitrogens with two attached hydrogens (primary N) is 3. The van der Waals surface area contributed by atoms with E-state index in [1.165, 1.54) is 4.90 Å². The Morgan fingerprint density at radius 2 is 1.42 bits per heavy atom. The molecule has 1 aliphatic heterocycles. The minimum atomic E-state index is -1.62. The number of carbonyl (C=O) groups excluding carboxylic acids is 7. The molecule has 0 aromatic carbocycles. The van der Waals surface area contributed by atoms with Gasteiger partial charge in [-0.3, -0.25) is 33.6 Å². The predicted molar refractivity (Wildman–Crippen MR) is 161 cm³/mol. The summed E-state index contributed by atoms with van der Waals surface area (Å²) in [7, 11) is 0. The van der Waals surface area contributed by atoms with Gasteiger partial charge in [-0.1, -0.05) is 13.8 Å². The highest BCUT2D eigenvalue weighted by molar-refractivity contribution is 7.80. The van der Waals surface area contributed by atoms with E-state index in [0.717, 1.165) is 0 Å². The van der Waals surface area contributed by atoms with Crippen LogP contribution in [0, 0.1) is 5.92 Å². The number of hydrogen-bond acceptors (Lipinski definition) is 11. The van der Waals surface area contributed by atoms with Gasteiger partial charge in [-0.2, -0.15) is 12.6 Å². The molecule has 0 unspecified atom stereocenters. The van der Waals surface area contributed by atoms with Gasteiger partial charge in [-0.15, -0.1) is 0 Å². The minimum Gasteiger partial charge on any atom is -0.480 e. The predicted octanol–water partition coefficient (Wildman–Crippen LogP) is -4.56. The standard InChI is InChI=1S/C26H44N8O10S/c1-12(2)20(24(41)31-15(10-35)26(43)44)33-22(39)14(6-8-19(29)37)30-23(40)17-4-3-9-34(17)25(42)16(11-45)32-21(38)13(27)5-7-18(28)36/h12-17,20,35,45H,3-11,27H2,1-2H3,(H2,28,36)(H2,29,37)(H,30,40)(H,31,41)(H,32,38)(H,33,39)(H,43,44)/t13-,14-,15-,16-,17-,20-/m0/s1. The number of aliphatic carboxylic acids is 1. The van der Waals surface area contributed by atoms with Crippen LogP contribution < -0.4 is 38.5 Å². The lowest BCUT2D eigenvalue weighted by Crippen LogP contribution is -2.60. The van der Waals surface area contributed by atoms with Crippen LogP contribution in [0.2, 0.25) is 0 Å². The fraction of sp³-hybridized carbons (Fsp3) is 0.692. The summed E-state index contributed by atoms with van der Waals surface area (Å²) in [5.41, 5.74) is 16.1. The lowest BCUT2D eigenvalue weighted by Gasteiger charge is -2.30. The van der Waals surface area contributed by atoms with Crippen molar-refractivity contribution in [2.45, 2.75) is 88.6 Å². The van der Waals surface area contributed by atoms with Crippen LogP contribution in [0.4, 0.5) is 0 Å². The first-order valence-corrected chi connectivity index (χ1v) is 15.0. The fourth-order valence-electron chi connectivity index (χ4n) is 4.46. The molecule has 1 rings (SSSR count). The van der Waals surface area contributed by atoms with E-state index in [9.17, 15) is 43.5 Å². The number of carboxylic acid groups (broad SMARTS) is 1. The van der Waals surface area contributed by atoms with Gasteiger partial charge in [0.15, 0.2) is 0 Å². The van der Waals surface area contributed by atoms with Gasteiger partial charge >= 0.3 is 5.97 Å². The van der Waals surface area contributed by atoms with E-state index in [4.69, 9.17) is 22.3 Å². The Morgan fingerprint density at radius 3 is 1.93 bits per heavy atom. The van der Waals surface area contributed by atoms with Crippen molar-refractivity contribution in [2.75, 3.05) is 18.9 Å². The van der Waals surface area contributed by atoms with Crippen molar-refractivity contribution in [1.82, 2.24) is 26.2 Å². The van der Waals surface area contributed by atoms with Crippen LogP contribution in [0.1, 0.15) is 52.4 Å². The van der Waals surface area contributed by atoms with E-state index >= 15 is 0 Å². The summed E-state index contributed by atoms with van der Waals surface area (Å²) in [6, 6.07) is -7.63. The van der Waals surface area contributed by atoms with Gasteiger partial charge in [0.1, 0.15) is 30.2 Å². The van der Waals surface area contributed by atoms with Crippen molar-refractivity contribution in [3.63, 3.8) is 0 Å². The van der Waals surface area contributed by atoms with Crippen LogP contribution in [0.15, 0.2) is 0 Å². The second kappa shape index (κ2) is 18.7. The summed E-state index contributed by atoms with van der Waals surface area (Å²) in [6.07, 6.45) is -0.132. The second-order valence-corrected chi connectivity index (χ2v) is 11.3. The van der Waals surface area contributed by atoms with Crippen molar-refractivity contribution >= 4 is 59.9 Å². The number of nitrogens with one attached hydrogen (secondary N) is 4. The molecule has 6 atom stereocenters. The summed E-state index contributed by atoms with van der Waals surface area (Å²) >= 11 is 4.14. The van der Waals surface area contributed by atoms with Crippen LogP contribution in [0.3, 0.4) is 0 Å². The monoisotopic (exact) mass is 660 g/mol. The molecule has 254 valence electrons. The van der Waals surface area contributed by atoms with Crippen molar-refractivity contribution in [3.05, 3.63) is 0 Å². The molecule has 1 aliphatic rings. The number of thiol groups is 1. The first kappa shape index (κ1) is 39.1. The highest BCUT2D eigenvalue weighted by Crippen LogP contribution is 2.20. The van der Waals surface area contributed by atoms with Crippen molar-refractivity contribution < 1.29 is 48.6 Å². The van der Waals surface area contributed by atoms with Crippen LogP contribution >= 0.6 is 12.6 Å². The van der Waals surface area contributed by atoms with Gasteiger partial charge in [0.2, 0.25) is 41.4 Å². The van der Waals surface area contributed by atoms with Gasteiger partial charge in [-0.25, -0.2) is 4.79 Å². The largest absolute Gasteiger partial charge is 0.480 e. The van der Waals surface area contributed by atoms with E-state index in [1.54, 1.807) is 13.8 Å². The molecule has 18 nitrogen and oxygen atoms in total. The minimum absolute atomic E-state index is 0.0426. The summed E-state index contributed by atoms with van der Waals surface area (Å²) in [5.74, 6) is -7.49. The number of nitrogens with zero attached hydrogens (tertiary/aromatic N) is 1. The average molecular weight is 661 g/mol. The molecule has 1 heterocycles. The number of carbonyl (C=O) groups is 8. The number of amides is 7. The molecule has 0 spiro atoms. The molecule has 45 heavy (non-hydrogen) atoms. The Bertz CT molecular complexity index is 1120. The molecule has 19 heteroatoms. The van der Waals surface area contributed by atoms with Gasteiger partial charge < -0.3 is 53.6 Å². The Kier molecular flexibility index (Phi) is 16.3. The number of aliphatic hydroxyl groups excluding tert-OH is 1. The van der Waals surface area contributed by atoms with E-state index < -0.39 is 96.1 Å². The summed E-state index contributed by atoms with van der Waals surface area (Å²) in [4.78, 5) is 100. The molecule has 7 amide bonds. The normalized spacial score (nSPS) is 17.7. The molecule has 0 radical (unpaired) electrons. The zero-order valence-corrected chi connectivity index (χ0v) is 26.1. The topological polar surface area (TPSA) is 306 Å². The SMILES string of the molecule is CC(C)[C@H](NC(=O)[C@H](CCC(N)=O)NC(=O)[C@@H]1CCCN1C(=O)[C@H](CS)NC(=O)[C@@H](N)CCC(N)=O)C(=O)N[C@@H](CO)C(=O)O. The van der Waals surface area contributed by atoms with E-state index in [-0.39, 0.29) is 44.4 Å². The Hall–Kier alpha value is -3.97. The number of likely N-dealkylation sites (tertiary alicyclic amines) is 1. The highest BCUT2D eigenvalue weighted by atomic mass is 32.1. The number of hydrogen-bond donors (Lipinski definition) is 10. The maximum atomic E-state index is 13.4. The van der Waals surface area contributed by atoms with E-state index in [2.05, 4.69) is 33.9 Å². The first-order chi connectivity index (χ1) is 21.0. The molecule has 1 saturated heterocycles. The maximum Gasteiger partial charge on any atom is 0.328 e. The van der Waals surface area contributed by atoms with Gasteiger partial charge in [-0.05, 0) is 31.6 Å². The van der Waals surface area contributed by atoms with Gasteiger partial charge in [0, 0.05) is 25.1 Å².